The number of aromatic nitrogens is 1. The van der Waals surface area contributed by atoms with Crippen LogP contribution in [0.25, 0.3) is 0 Å². The second-order valence-corrected chi connectivity index (χ2v) is 7.06. The van der Waals surface area contributed by atoms with Crippen LogP contribution in [0.15, 0.2) is 23.4 Å². The van der Waals surface area contributed by atoms with Crippen LogP contribution in [0.2, 0.25) is 0 Å². The fourth-order valence-electron chi connectivity index (χ4n) is 2.39. The minimum absolute atomic E-state index is 0.250. The van der Waals surface area contributed by atoms with Crippen LogP contribution in [-0.4, -0.2) is 61.9 Å². The number of pyridine rings is 1. The molecule has 0 amide bonds. The average molecular weight is 298 g/mol. The maximum atomic E-state index is 12.7. The number of nitrogens with zero attached hydrogens (tertiary/aromatic N) is 3. The van der Waals surface area contributed by atoms with Gasteiger partial charge in [0.1, 0.15) is 4.90 Å². The van der Waals surface area contributed by atoms with Crippen LogP contribution in [0, 0.1) is 0 Å². The topological polar surface area (TPSA) is 65.5 Å². The Kier molecular flexibility index (Phi) is 4.62. The van der Waals surface area contributed by atoms with Gasteiger partial charge < -0.3 is 5.32 Å². The molecule has 7 heteroatoms. The second kappa shape index (κ2) is 6.07. The maximum Gasteiger partial charge on any atom is 0.246 e. The van der Waals surface area contributed by atoms with Crippen molar-refractivity contribution in [3.63, 3.8) is 0 Å². The molecule has 1 aromatic rings. The highest BCUT2D eigenvalue weighted by Gasteiger charge is 2.30. The Balaban J connectivity index is 2.20. The van der Waals surface area contributed by atoms with Crippen molar-refractivity contribution in [2.75, 3.05) is 38.5 Å². The lowest BCUT2D eigenvalue weighted by atomic mass is 10.3. The van der Waals surface area contributed by atoms with Gasteiger partial charge in [-0.3, -0.25) is 9.88 Å². The highest BCUT2D eigenvalue weighted by atomic mass is 32.2. The molecule has 1 aliphatic heterocycles. The highest BCUT2D eigenvalue weighted by molar-refractivity contribution is 7.89. The first-order valence-corrected chi connectivity index (χ1v) is 8.26. The van der Waals surface area contributed by atoms with Gasteiger partial charge in [0.05, 0.1) is 5.69 Å². The van der Waals surface area contributed by atoms with Crippen molar-refractivity contribution in [2.24, 2.45) is 0 Å². The van der Waals surface area contributed by atoms with Gasteiger partial charge in [0.25, 0.3) is 0 Å². The number of nitrogens with one attached hydrogen (secondary N) is 1. The molecule has 0 atom stereocenters. The first kappa shape index (κ1) is 15.2. The van der Waals surface area contributed by atoms with Gasteiger partial charge in [-0.1, -0.05) is 0 Å². The van der Waals surface area contributed by atoms with Gasteiger partial charge in [0, 0.05) is 51.7 Å². The first-order valence-electron chi connectivity index (χ1n) is 6.82. The predicted molar refractivity (Wildman–Crippen MR) is 79.3 cm³/mol. The summed E-state index contributed by atoms with van der Waals surface area (Å²) < 4.78 is 26.9. The molecule has 0 bridgehead atoms. The molecule has 0 radical (unpaired) electrons. The molecule has 2 rings (SSSR count). The molecule has 20 heavy (non-hydrogen) atoms. The van der Waals surface area contributed by atoms with Crippen molar-refractivity contribution >= 4 is 15.7 Å². The summed E-state index contributed by atoms with van der Waals surface area (Å²) in [6.45, 7) is 6.85. The summed E-state index contributed by atoms with van der Waals surface area (Å²) in [6.07, 6.45) is 3.00. The summed E-state index contributed by atoms with van der Waals surface area (Å²) in [7, 11) is -1.76. The van der Waals surface area contributed by atoms with Gasteiger partial charge in [0.2, 0.25) is 10.0 Å². The van der Waals surface area contributed by atoms with Crippen molar-refractivity contribution in [3.05, 3.63) is 18.5 Å². The molecule has 0 aliphatic carbocycles. The van der Waals surface area contributed by atoms with Gasteiger partial charge in [-0.05, 0) is 19.9 Å². The van der Waals surface area contributed by atoms with E-state index in [0.717, 1.165) is 13.1 Å². The lowest BCUT2D eigenvalue weighted by molar-refractivity contribution is 0.154. The van der Waals surface area contributed by atoms with Crippen molar-refractivity contribution in [1.29, 1.82) is 0 Å². The van der Waals surface area contributed by atoms with Gasteiger partial charge in [0.15, 0.2) is 0 Å². The van der Waals surface area contributed by atoms with Gasteiger partial charge in [-0.25, -0.2) is 8.42 Å². The molecule has 2 heterocycles. The van der Waals surface area contributed by atoms with Crippen LogP contribution in [0.1, 0.15) is 13.8 Å². The van der Waals surface area contributed by atoms with Crippen LogP contribution in [0.5, 0.6) is 0 Å². The monoisotopic (exact) mass is 298 g/mol. The van der Waals surface area contributed by atoms with E-state index >= 15 is 0 Å². The zero-order valence-corrected chi connectivity index (χ0v) is 13.0. The molecule has 0 aromatic carbocycles. The Labute approximate surface area is 120 Å². The van der Waals surface area contributed by atoms with E-state index < -0.39 is 10.0 Å². The smallest absolute Gasteiger partial charge is 0.246 e. The molecule has 1 fully saturated rings. The summed E-state index contributed by atoms with van der Waals surface area (Å²) in [4.78, 5) is 6.48. The number of piperazine rings is 1. The van der Waals surface area contributed by atoms with Gasteiger partial charge >= 0.3 is 0 Å². The van der Waals surface area contributed by atoms with E-state index in [1.165, 1.54) is 6.20 Å². The minimum Gasteiger partial charge on any atom is -0.387 e. The summed E-state index contributed by atoms with van der Waals surface area (Å²) in [5.74, 6) is 0. The fourth-order valence-corrected chi connectivity index (χ4v) is 3.96. The minimum atomic E-state index is -3.47. The third kappa shape index (κ3) is 2.94. The molecule has 1 aliphatic rings. The lowest BCUT2D eigenvalue weighted by Gasteiger charge is -2.36. The molecular formula is C13H22N4O2S. The zero-order valence-electron chi connectivity index (χ0n) is 12.2. The lowest BCUT2D eigenvalue weighted by Crippen LogP contribution is -2.50. The van der Waals surface area contributed by atoms with Crippen LogP contribution in [0.3, 0.4) is 0 Å². The third-order valence-electron chi connectivity index (χ3n) is 3.68. The Hall–Kier alpha value is -1.18. The maximum absolute atomic E-state index is 12.7. The van der Waals surface area contributed by atoms with Crippen LogP contribution < -0.4 is 5.32 Å². The van der Waals surface area contributed by atoms with Crippen molar-refractivity contribution in [2.45, 2.75) is 24.8 Å². The molecule has 0 spiro atoms. The molecular weight excluding hydrogens is 276 g/mol. The van der Waals surface area contributed by atoms with Crippen molar-refractivity contribution in [3.8, 4) is 0 Å². The number of sulfonamides is 1. The molecule has 1 saturated heterocycles. The van der Waals surface area contributed by atoms with Crippen molar-refractivity contribution in [1.82, 2.24) is 14.2 Å². The normalized spacial score (nSPS) is 18.4. The average Bonchev–Trinajstić information content (AvgIpc) is 2.47. The standard InChI is InChI=1S/C13H22N4O2S/c1-11(2)16-6-8-17(9-7-16)20(18,19)13-10-15-5-4-12(13)14-3/h4-5,10-11H,6-9H2,1-3H3,(H,14,15). The molecule has 1 N–H and O–H groups in total. The number of hydrogen-bond acceptors (Lipinski definition) is 5. The predicted octanol–water partition coefficient (Wildman–Crippen LogP) is 0.838. The summed E-state index contributed by atoms with van der Waals surface area (Å²) in [6, 6.07) is 2.13. The molecule has 0 unspecified atom stereocenters. The Morgan fingerprint density at radius 2 is 1.90 bits per heavy atom. The van der Waals surface area contributed by atoms with Crippen LogP contribution in [-0.2, 0) is 10.0 Å². The van der Waals surface area contributed by atoms with E-state index in [2.05, 4.69) is 29.0 Å². The van der Waals surface area contributed by atoms with Gasteiger partial charge in [-0.15, -0.1) is 0 Å². The Morgan fingerprint density at radius 1 is 1.25 bits per heavy atom. The SMILES string of the molecule is CNc1ccncc1S(=O)(=O)N1CCN(C(C)C)CC1. The van der Waals surface area contributed by atoms with E-state index in [1.807, 2.05) is 0 Å². The number of anilines is 1. The Bertz CT molecular complexity index is 551. The quantitative estimate of drug-likeness (QED) is 0.892. The molecule has 112 valence electrons. The molecule has 0 saturated carbocycles. The summed E-state index contributed by atoms with van der Waals surface area (Å²) in [5, 5.41) is 2.91. The largest absolute Gasteiger partial charge is 0.387 e. The molecule has 6 nitrogen and oxygen atoms in total. The van der Waals surface area contributed by atoms with Gasteiger partial charge in [-0.2, -0.15) is 4.31 Å². The van der Waals surface area contributed by atoms with Crippen LogP contribution >= 0.6 is 0 Å². The third-order valence-corrected chi connectivity index (χ3v) is 5.60. The second-order valence-electron chi connectivity index (χ2n) is 5.16. The summed E-state index contributed by atoms with van der Waals surface area (Å²) in [5.41, 5.74) is 0.589. The number of rotatable bonds is 4. The number of hydrogen-bond donors (Lipinski definition) is 1. The van der Waals surface area contributed by atoms with E-state index in [1.54, 1.807) is 23.6 Å². The van der Waals surface area contributed by atoms with Crippen LogP contribution in [0.4, 0.5) is 5.69 Å². The van der Waals surface area contributed by atoms with E-state index in [0.29, 0.717) is 24.8 Å². The molecule has 1 aromatic heterocycles. The van der Waals surface area contributed by atoms with E-state index in [4.69, 9.17) is 0 Å². The highest BCUT2D eigenvalue weighted by Crippen LogP contribution is 2.24. The zero-order chi connectivity index (χ0) is 14.8. The van der Waals surface area contributed by atoms with Crippen molar-refractivity contribution < 1.29 is 8.42 Å². The summed E-state index contributed by atoms with van der Waals surface area (Å²) >= 11 is 0. The first-order chi connectivity index (χ1) is 9.46. The Morgan fingerprint density at radius 3 is 2.45 bits per heavy atom. The fraction of sp³-hybridized carbons (Fsp3) is 0.615. The van der Waals surface area contributed by atoms with E-state index in [-0.39, 0.29) is 4.90 Å². The van der Waals surface area contributed by atoms with E-state index in [9.17, 15) is 8.42 Å².